The molecular weight excluding hydrogens is 390 g/mol. The lowest BCUT2D eigenvalue weighted by molar-refractivity contribution is -0.140. The Bertz CT molecular complexity index is 1060. The van der Waals surface area contributed by atoms with Crippen LogP contribution in [0.2, 0.25) is 0 Å². The topological polar surface area (TPSA) is 55.8 Å². The van der Waals surface area contributed by atoms with E-state index >= 15 is 0 Å². The van der Waals surface area contributed by atoms with Crippen molar-refractivity contribution in [2.45, 2.75) is 32.6 Å². The maximum atomic E-state index is 12.9. The number of amides is 1. The van der Waals surface area contributed by atoms with Crippen LogP contribution >= 0.6 is 0 Å². The molecule has 0 spiro atoms. The number of carbonyl (C=O) groups is 2. The van der Waals surface area contributed by atoms with Crippen molar-refractivity contribution in [1.82, 2.24) is 4.90 Å². The summed E-state index contributed by atoms with van der Waals surface area (Å²) in [6.45, 7) is 3.11. The maximum absolute atomic E-state index is 12.9. The Morgan fingerprint density at radius 1 is 0.903 bits per heavy atom. The number of benzene rings is 3. The molecule has 1 aliphatic heterocycles. The van der Waals surface area contributed by atoms with Crippen molar-refractivity contribution in [3.8, 4) is 5.75 Å². The van der Waals surface area contributed by atoms with Gasteiger partial charge in [-0.3, -0.25) is 4.79 Å². The van der Waals surface area contributed by atoms with Crippen molar-refractivity contribution < 1.29 is 19.1 Å². The van der Waals surface area contributed by atoms with Gasteiger partial charge in [0.15, 0.2) is 6.10 Å². The summed E-state index contributed by atoms with van der Waals surface area (Å²) in [5, 5.41) is 0. The number of nitrogens with zero attached hydrogens (tertiary/aromatic N) is 1. The molecule has 0 radical (unpaired) electrons. The second-order valence-corrected chi connectivity index (χ2v) is 7.60. The van der Waals surface area contributed by atoms with Crippen LogP contribution in [0, 0.1) is 0 Å². The van der Waals surface area contributed by atoms with E-state index in [9.17, 15) is 9.59 Å². The van der Waals surface area contributed by atoms with Crippen LogP contribution in [0.4, 0.5) is 0 Å². The van der Waals surface area contributed by atoms with Gasteiger partial charge in [-0.1, -0.05) is 66.7 Å². The highest BCUT2D eigenvalue weighted by molar-refractivity contribution is 5.94. The van der Waals surface area contributed by atoms with Gasteiger partial charge in [0.05, 0.1) is 0 Å². The number of para-hydroxylation sites is 1. The molecule has 1 heterocycles. The molecule has 5 heteroatoms. The van der Waals surface area contributed by atoms with Crippen molar-refractivity contribution in [1.29, 1.82) is 0 Å². The van der Waals surface area contributed by atoms with Crippen LogP contribution in [-0.2, 0) is 29.1 Å². The van der Waals surface area contributed by atoms with Crippen molar-refractivity contribution in [2.24, 2.45) is 0 Å². The molecule has 1 atom stereocenters. The Labute approximate surface area is 182 Å². The van der Waals surface area contributed by atoms with E-state index in [4.69, 9.17) is 9.47 Å². The van der Waals surface area contributed by atoms with Gasteiger partial charge >= 0.3 is 5.97 Å². The van der Waals surface area contributed by atoms with Gasteiger partial charge in [-0.15, -0.1) is 0 Å². The fourth-order valence-electron chi connectivity index (χ4n) is 3.71. The van der Waals surface area contributed by atoms with E-state index in [0.717, 1.165) is 17.5 Å². The van der Waals surface area contributed by atoms with Crippen LogP contribution in [0.5, 0.6) is 5.75 Å². The quantitative estimate of drug-likeness (QED) is 0.560. The lowest BCUT2D eigenvalue weighted by Crippen LogP contribution is -2.42. The Morgan fingerprint density at radius 2 is 1.58 bits per heavy atom. The third kappa shape index (κ3) is 4.94. The van der Waals surface area contributed by atoms with Gasteiger partial charge in [-0.25, -0.2) is 4.79 Å². The monoisotopic (exact) mass is 415 g/mol. The summed E-state index contributed by atoms with van der Waals surface area (Å²) in [5.74, 6) is -0.324. The molecular formula is C26H25NO4. The fourth-order valence-corrected chi connectivity index (χ4v) is 3.71. The highest BCUT2D eigenvalue weighted by Gasteiger charge is 2.28. The first-order valence-electron chi connectivity index (χ1n) is 10.4. The minimum atomic E-state index is -0.875. The zero-order chi connectivity index (χ0) is 21.6. The molecule has 0 bridgehead atoms. The van der Waals surface area contributed by atoms with Crippen molar-refractivity contribution in [2.75, 3.05) is 6.54 Å². The predicted molar refractivity (Wildman–Crippen MR) is 118 cm³/mol. The molecule has 1 amide bonds. The van der Waals surface area contributed by atoms with Gasteiger partial charge < -0.3 is 14.4 Å². The zero-order valence-electron chi connectivity index (χ0n) is 17.5. The first-order valence-corrected chi connectivity index (χ1v) is 10.4. The molecule has 4 rings (SSSR count). The zero-order valence-corrected chi connectivity index (χ0v) is 17.5. The second-order valence-electron chi connectivity index (χ2n) is 7.60. The molecule has 0 N–H and O–H groups in total. The number of ether oxygens (including phenoxy) is 2. The van der Waals surface area contributed by atoms with Gasteiger partial charge in [-0.05, 0) is 42.2 Å². The first kappa shape index (κ1) is 20.7. The minimum Gasteiger partial charge on any atom is -0.488 e. The van der Waals surface area contributed by atoms with Crippen LogP contribution in [-0.4, -0.2) is 29.4 Å². The Balaban J connectivity index is 1.39. The molecule has 1 aliphatic rings. The number of hydrogen-bond acceptors (Lipinski definition) is 4. The summed E-state index contributed by atoms with van der Waals surface area (Å²) in [6.07, 6.45) is -0.0707. The van der Waals surface area contributed by atoms with Gasteiger partial charge in [0.2, 0.25) is 0 Å². The molecule has 31 heavy (non-hydrogen) atoms. The third-order valence-electron chi connectivity index (χ3n) is 5.42. The van der Waals surface area contributed by atoms with E-state index in [0.29, 0.717) is 31.0 Å². The van der Waals surface area contributed by atoms with E-state index in [1.165, 1.54) is 5.56 Å². The molecule has 158 valence electrons. The van der Waals surface area contributed by atoms with Crippen LogP contribution in [0.1, 0.15) is 34.0 Å². The van der Waals surface area contributed by atoms with Crippen molar-refractivity contribution in [3.05, 3.63) is 101 Å². The first-order chi connectivity index (χ1) is 15.1. The maximum Gasteiger partial charge on any atom is 0.342 e. The third-order valence-corrected chi connectivity index (χ3v) is 5.42. The van der Waals surface area contributed by atoms with E-state index in [2.05, 4.69) is 6.07 Å². The Morgan fingerprint density at radius 3 is 2.39 bits per heavy atom. The van der Waals surface area contributed by atoms with Crippen LogP contribution in [0.3, 0.4) is 0 Å². The summed E-state index contributed by atoms with van der Waals surface area (Å²) < 4.78 is 11.4. The molecule has 5 nitrogen and oxygen atoms in total. The normalized spacial score (nSPS) is 13.8. The van der Waals surface area contributed by atoms with Crippen molar-refractivity contribution >= 4 is 11.9 Å². The average Bonchev–Trinajstić information content (AvgIpc) is 2.82. The lowest BCUT2D eigenvalue weighted by Gasteiger charge is -2.30. The van der Waals surface area contributed by atoms with Crippen molar-refractivity contribution in [3.63, 3.8) is 0 Å². The van der Waals surface area contributed by atoms with E-state index in [-0.39, 0.29) is 5.91 Å². The molecule has 0 saturated carbocycles. The van der Waals surface area contributed by atoms with E-state index in [1.807, 2.05) is 48.5 Å². The van der Waals surface area contributed by atoms with Crippen LogP contribution < -0.4 is 4.74 Å². The molecule has 0 aliphatic carbocycles. The largest absolute Gasteiger partial charge is 0.488 e. The summed E-state index contributed by atoms with van der Waals surface area (Å²) in [7, 11) is 0. The van der Waals surface area contributed by atoms with E-state index in [1.54, 1.807) is 36.1 Å². The molecule has 1 unspecified atom stereocenters. The summed E-state index contributed by atoms with van der Waals surface area (Å²) >= 11 is 0. The second kappa shape index (κ2) is 9.47. The number of esters is 1. The highest BCUT2D eigenvalue weighted by Crippen LogP contribution is 2.23. The highest BCUT2D eigenvalue weighted by atomic mass is 16.5. The SMILES string of the molecule is CC(OC(=O)c1ccccc1OCc1ccccc1)C(=O)N1CCc2ccccc2C1. The molecule has 0 fully saturated rings. The van der Waals surface area contributed by atoms with Gasteiger partial charge in [0.1, 0.15) is 17.9 Å². The number of carbonyl (C=O) groups excluding carboxylic acids is 2. The lowest BCUT2D eigenvalue weighted by atomic mass is 9.99. The molecule has 3 aromatic rings. The molecule has 3 aromatic carbocycles. The summed E-state index contributed by atoms with van der Waals surface area (Å²) in [5.41, 5.74) is 3.71. The fraction of sp³-hybridized carbons (Fsp3) is 0.231. The number of rotatable bonds is 6. The predicted octanol–water partition coefficient (Wildman–Crippen LogP) is 4.40. The van der Waals surface area contributed by atoms with Gasteiger partial charge in [-0.2, -0.15) is 0 Å². The van der Waals surface area contributed by atoms with Crippen LogP contribution in [0.15, 0.2) is 78.9 Å². The summed E-state index contributed by atoms with van der Waals surface area (Å²) in [4.78, 5) is 27.4. The van der Waals surface area contributed by atoms with Gasteiger partial charge in [0.25, 0.3) is 5.91 Å². The number of hydrogen-bond donors (Lipinski definition) is 0. The summed E-state index contributed by atoms with van der Waals surface area (Å²) in [6, 6.07) is 24.8. The smallest absolute Gasteiger partial charge is 0.342 e. The Kier molecular flexibility index (Phi) is 6.32. The van der Waals surface area contributed by atoms with Crippen LogP contribution in [0.25, 0.3) is 0 Å². The molecule has 0 saturated heterocycles. The number of fused-ring (bicyclic) bond motifs is 1. The Hall–Kier alpha value is -3.60. The van der Waals surface area contributed by atoms with E-state index < -0.39 is 12.1 Å². The molecule has 0 aromatic heterocycles. The van der Waals surface area contributed by atoms with Gasteiger partial charge in [0, 0.05) is 13.1 Å². The standard InChI is InChI=1S/C26H25NO4/c1-19(25(28)27-16-15-21-11-5-6-12-22(21)17-27)31-26(29)23-13-7-8-14-24(23)30-18-20-9-3-2-4-10-20/h2-14,19H,15-18H2,1H3. The minimum absolute atomic E-state index is 0.189. The average molecular weight is 415 g/mol.